The molecule has 0 fully saturated rings. The monoisotopic (exact) mass is 156 g/mol. The number of hydrogen-bond donors (Lipinski definition) is 1. The Kier molecular flexibility index (Phi) is 1.89. The van der Waals surface area contributed by atoms with Crippen molar-refractivity contribution in [3.05, 3.63) is 12.0 Å². The van der Waals surface area contributed by atoms with Crippen molar-refractivity contribution in [3.63, 3.8) is 0 Å². The van der Waals surface area contributed by atoms with E-state index < -0.39 is 0 Å². The largest absolute Gasteiger partial charge is 0.381 e. The van der Waals surface area contributed by atoms with Gasteiger partial charge in [0, 0.05) is 0 Å². The van der Waals surface area contributed by atoms with Crippen LogP contribution in [0.15, 0.2) is 12.0 Å². The van der Waals surface area contributed by atoms with Gasteiger partial charge in [0.15, 0.2) is 5.82 Å². The molecule has 0 unspecified atom stereocenters. The Balaban J connectivity index is 3.03. The van der Waals surface area contributed by atoms with Gasteiger partial charge in [-0.3, -0.25) is 0 Å². The smallest absolute Gasteiger partial charge is 0.166 e. The van der Waals surface area contributed by atoms with Crippen molar-refractivity contribution in [3.8, 4) is 0 Å². The Labute approximate surface area is 63.5 Å². The molecule has 0 radical (unpaired) electrons. The zero-order valence-corrected chi connectivity index (χ0v) is 6.37. The fourth-order valence-corrected chi connectivity index (χ4v) is 0.574. The molecule has 1 rings (SSSR count). The fraction of sp³-hybridized carbons (Fsp3) is 0.333. The molecule has 0 atom stereocenters. The molecule has 1 aromatic rings. The van der Waals surface area contributed by atoms with E-state index in [9.17, 15) is 4.39 Å². The van der Waals surface area contributed by atoms with Crippen molar-refractivity contribution in [2.45, 2.75) is 13.8 Å². The van der Waals surface area contributed by atoms with Crippen molar-refractivity contribution < 1.29 is 4.39 Å². The lowest BCUT2D eigenvalue weighted by Crippen LogP contribution is -2.00. The minimum atomic E-state index is -0.319. The van der Waals surface area contributed by atoms with Crippen molar-refractivity contribution in [2.75, 3.05) is 5.73 Å². The van der Waals surface area contributed by atoms with Crippen LogP contribution >= 0.6 is 0 Å². The van der Waals surface area contributed by atoms with Crippen LogP contribution < -0.4 is 5.73 Å². The summed E-state index contributed by atoms with van der Waals surface area (Å²) in [5.41, 5.74) is 5.63. The van der Waals surface area contributed by atoms with Crippen LogP contribution in [0, 0.1) is 0 Å². The van der Waals surface area contributed by atoms with Crippen LogP contribution in [-0.2, 0) is 0 Å². The van der Waals surface area contributed by atoms with Crippen LogP contribution in [0.25, 0.3) is 5.70 Å². The van der Waals surface area contributed by atoms with Gasteiger partial charge in [-0.1, -0.05) is 0 Å². The fourth-order valence-electron chi connectivity index (χ4n) is 0.574. The van der Waals surface area contributed by atoms with E-state index >= 15 is 0 Å². The standard InChI is InChI=1S/C6H9FN4/c1-4(7)5(2)11-9-3-6(8)10-11/h3H,1-2H3,(H2,8,10). The van der Waals surface area contributed by atoms with E-state index in [1.807, 2.05) is 0 Å². The van der Waals surface area contributed by atoms with E-state index in [0.29, 0.717) is 5.70 Å². The van der Waals surface area contributed by atoms with Gasteiger partial charge < -0.3 is 5.73 Å². The molecular weight excluding hydrogens is 147 g/mol. The molecule has 1 heterocycles. The summed E-state index contributed by atoms with van der Waals surface area (Å²) in [6, 6.07) is 0. The lowest BCUT2D eigenvalue weighted by molar-refractivity contribution is 0.620. The van der Waals surface area contributed by atoms with Crippen molar-refractivity contribution >= 4 is 11.5 Å². The quantitative estimate of drug-likeness (QED) is 0.660. The molecule has 0 saturated carbocycles. The molecule has 0 amide bonds. The number of rotatable bonds is 1. The first-order valence-corrected chi connectivity index (χ1v) is 3.12. The summed E-state index contributed by atoms with van der Waals surface area (Å²) in [5, 5.41) is 7.44. The Morgan fingerprint density at radius 1 is 1.64 bits per heavy atom. The number of hydrogen-bond acceptors (Lipinski definition) is 3. The van der Waals surface area contributed by atoms with Crippen molar-refractivity contribution in [2.24, 2.45) is 0 Å². The third kappa shape index (κ3) is 1.54. The second kappa shape index (κ2) is 2.69. The van der Waals surface area contributed by atoms with Gasteiger partial charge >= 0.3 is 0 Å². The highest BCUT2D eigenvalue weighted by molar-refractivity contribution is 5.42. The summed E-state index contributed by atoms with van der Waals surface area (Å²) in [6.45, 7) is 2.92. The lowest BCUT2D eigenvalue weighted by Gasteiger charge is -1.96. The summed E-state index contributed by atoms with van der Waals surface area (Å²) < 4.78 is 12.5. The number of allylic oxidation sites excluding steroid dienone is 2. The Morgan fingerprint density at radius 3 is 2.64 bits per heavy atom. The van der Waals surface area contributed by atoms with Crippen LogP contribution in [0.4, 0.5) is 10.2 Å². The summed E-state index contributed by atoms with van der Waals surface area (Å²) in [5.74, 6) is -0.0359. The molecule has 0 aromatic carbocycles. The second-order valence-corrected chi connectivity index (χ2v) is 2.18. The third-order valence-corrected chi connectivity index (χ3v) is 1.31. The van der Waals surface area contributed by atoms with Gasteiger partial charge in [-0.2, -0.15) is 9.90 Å². The number of nitrogens with two attached hydrogens (primary N) is 1. The molecule has 0 aliphatic heterocycles. The minimum absolute atomic E-state index is 0.283. The number of aromatic nitrogens is 3. The number of nitrogens with zero attached hydrogens (tertiary/aromatic N) is 3. The van der Waals surface area contributed by atoms with Crippen molar-refractivity contribution in [1.82, 2.24) is 15.0 Å². The SMILES string of the molecule is CC(F)=C(C)n1ncc(N)n1. The summed E-state index contributed by atoms with van der Waals surface area (Å²) in [7, 11) is 0. The maximum Gasteiger partial charge on any atom is 0.166 e. The first-order chi connectivity index (χ1) is 5.11. The summed E-state index contributed by atoms with van der Waals surface area (Å²) >= 11 is 0. The summed E-state index contributed by atoms with van der Waals surface area (Å²) in [4.78, 5) is 1.16. The molecule has 11 heavy (non-hydrogen) atoms. The van der Waals surface area contributed by atoms with Gasteiger partial charge in [-0.15, -0.1) is 5.10 Å². The minimum Gasteiger partial charge on any atom is -0.381 e. The van der Waals surface area contributed by atoms with Gasteiger partial charge in [0.25, 0.3) is 0 Å². The Morgan fingerprint density at radius 2 is 2.27 bits per heavy atom. The van der Waals surface area contributed by atoms with Gasteiger partial charge in [-0.25, -0.2) is 4.39 Å². The topological polar surface area (TPSA) is 56.7 Å². The molecule has 0 bridgehead atoms. The average Bonchev–Trinajstić information content (AvgIpc) is 2.34. The Hall–Kier alpha value is -1.39. The van der Waals surface area contributed by atoms with Crippen LogP contribution in [0.2, 0.25) is 0 Å². The maximum absolute atomic E-state index is 12.5. The van der Waals surface area contributed by atoms with Crippen LogP contribution in [0.1, 0.15) is 13.8 Å². The Bertz CT molecular complexity index is 285. The third-order valence-electron chi connectivity index (χ3n) is 1.31. The van der Waals surface area contributed by atoms with E-state index in [2.05, 4.69) is 10.2 Å². The van der Waals surface area contributed by atoms with Crippen LogP contribution in [0.3, 0.4) is 0 Å². The molecule has 2 N–H and O–H groups in total. The second-order valence-electron chi connectivity index (χ2n) is 2.18. The number of anilines is 1. The molecule has 60 valence electrons. The highest BCUT2D eigenvalue weighted by Gasteiger charge is 2.01. The van der Waals surface area contributed by atoms with Crippen LogP contribution in [0.5, 0.6) is 0 Å². The predicted octanol–water partition coefficient (Wildman–Crippen LogP) is 1.04. The number of nitrogen functional groups attached to an aromatic ring is 1. The highest BCUT2D eigenvalue weighted by Crippen LogP contribution is 2.08. The van der Waals surface area contributed by atoms with Gasteiger partial charge in [0.2, 0.25) is 0 Å². The van der Waals surface area contributed by atoms with Crippen molar-refractivity contribution in [1.29, 1.82) is 0 Å². The van der Waals surface area contributed by atoms with Gasteiger partial charge in [0.1, 0.15) is 5.83 Å². The molecular formula is C6H9FN4. The zero-order chi connectivity index (χ0) is 8.43. The first kappa shape index (κ1) is 7.71. The molecule has 0 saturated heterocycles. The average molecular weight is 156 g/mol. The molecule has 1 aromatic heterocycles. The normalized spacial score (nSPS) is 13.0. The predicted molar refractivity (Wildman–Crippen MR) is 40.1 cm³/mol. The van der Waals surface area contributed by atoms with E-state index in [4.69, 9.17) is 5.73 Å². The van der Waals surface area contributed by atoms with E-state index in [-0.39, 0.29) is 11.6 Å². The van der Waals surface area contributed by atoms with Crippen LogP contribution in [-0.4, -0.2) is 15.0 Å². The maximum atomic E-state index is 12.5. The summed E-state index contributed by atoms with van der Waals surface area (Å²) in [6.07, 6.45) is 1.37. The highest BCUT2D eigenvalue weighted by atomic mass is 19.1. The van der Waals surface area contributed by atoms with Gasteiger partial charge in [-0.05, 0) is 13.8 Å². The molecule has 0 aliphatic rings. The van der Waals surface area contributed by atoms with E-state index in [1.54, 1.807) is 6.92 Å². The molecule has 0 aliphatic carbocycles. The molecule has 5 heteroatoms. The first-order valence-electron chi connectivity index (χ1n) is 3.12. The lowest BCUT2D eigenvalue weighted by atomic mass is 10.4. The zero-order valence-electron chi connectivity index (χ0n) is 6.37. The molecule has 0 spiro atoms. The van der Waals surface area contributed by atoms with E-state index in [0.717, 1.165) is 4.80 Å². The van der Waals surface area contributed by atoms with E-state index in [1.165, 1.54) is 13.1 Å². The number of halogens is 1. The molecule has 4 nitrogen and oxygen atoms in total. The van der Waals surface area contributed by atoms with Gasteiger partial charge in [0.05, 0.1) is 11.9 Å².